The quantitative estimate of drug-likeness (QED) is 0.251. The second-order valence-electron chi connectivity index (χ2n) is 10.5. The molecule has 8 nitrogen and oxygen atoms in total. The van der Waals surface area contributed by atoms with Crippen LogP contribution in [0.15, 0.2) is 108 Å². The highest BCUT2D eigenvalue weighted by molar-refractivity contribution is 7.92. The molecule has 0 unspecified atom stereocenters. The first-order valence-corrected chi connectivity index (χ1v) is 14.5. The Bertz CT molecular complexity index is 1610. The van der Waals surface area contributed by atoms with Crippen molar-refractivity contribution < 1.29 is 22.7 Å². The molecule has 0 radical (unpaired) electrons. The normalized spacial score (nSPS) is 11.4. The van der Waals surface area contributed by atoms with Gasteiger partial charge >= 0.3 is 0 Å². The van der Waals surface area contributed by atoms with Crippen molar-refractivity contribution in [2.75, 3.05) is 16.2 Å². The zero-order chi connectivity index (χ0) is 29.6. The molecule has 0 saturated heterocycles. The van der Waals surface area contributed by atoms with Crippen LogP contribution in [0.5, 0.6) is 11.5 Å². The Morgan fingerprint density at radius 2 is 1.37 bits per heavy atom. The van der Waals surface area contributed by atoms with Gasteiger partial charge in [0.25, 0.3) is 15.9 Å². The molecular weight excluding hydrogens is 538 g/mol. The smallest absolute Gasteiger partial charge is 0.264 e. The topological polar surface area (TPSA) is 105 Å². The summed E-state index contributed by atoms with van der Waals surface area (Å²) in [5.41, 5.74) is 1.24. The molecule has 0 aromatic heterocycles. The molecular formula is C32H33N3O5S. The lowest BCUT2D eigenvalue weighted by Gasteiger charge is -2.25. The van der Waals surface area contributed by atoms with E-state index in [0.29, 0.717) is 11.5 Å². The summed E-state index contributed by atoms with van der Waals surface area (Å²) in [4.78, 5) is 26.2. The van der Waals surface area contributed by atoms with Crippen LogP contribution in [0.3, 0.4) is 0 Å². The van der Waals surface area contributed by atoms with E-state index in [4.69, 9.17) is 4.74 Å². The lowest BCUT2D eigenvalue weighted by Crippen LogP contribution is -2.41. The van der Waals surface area contributed by atoms with Crippen molar-refractivity contribution in [3.05, 3.63) is 114 Å². The van der Waals surface area contributed by atoms with Crippen molar-refractivity contribution in [1.29, 1.82) is 0 Å². The fraction of sp³-hybridized carbons (Fsp3) is 0.188. The zero-order valence-corrected chi connectivity index (χ0v) is 24.2. The van der Waals surface area contributed by atoms with Gasteiger partial charge in [0.05, 0.1) is 21.8 Å². The molecule has 2 amide bonds. The highest BCUT2D eigenvalue weighted by Gasteiger charge is 2.28. The number of ether oxygens (including phenoxy) is 1. The van der Waals surface area contributed by atoms with E-state index >= 15 is 0 Å². The Hall–Kier alpha value is -4.63. The van der Waals surface area contributed by atoms with Crippen LogP contribution >= 0.6 is 0 Å². The lowest BCUT2D eigenvalue weighted by molar-refractivity contribution is -0.114. The summed E-state index contributed by atoms with van der Waals surface area (Å²) < 4.78 is 34.5. The number of para-hydroxylation sites is 2. The lowest BCUT2D eigenvalue weighted by atomic mass is 10.1. The van der Waals surface area contributed by atoms with Gasteiger partial charge < -0.3 is 15.4 Å². The monoisotopic (exact) mass is 571 g/mol. The van der Waals surface area contributed by atoms with Gasteiger partial charge in [0.15, 0.2) is 0 Å². The predicted molar refractivity (Wildman–Crippen MR) is 161 cm³/mol. The van der Waals surface area contributed by atoms with Crippen molar-refractivity contribution in [3.8, 4) is 11.5 Å². The molecule has 0 bridgehead atoms. The van der Waals surface area contributed by atoms with Crippen molar-refractivity contribution in [1.82, 2.24) is 5.32 Å². The highest BCUT2D eigenvalue weighted by Crippen LogP contribution is 2.28. The summed E-state index contributed by atoms with van der Waals surface area (Å²) in [7, 11) is -4.13. The largest absolute Gasteiger partial charge is 0.457 e. The van der Waals surface area contributed by atoms with Crippen LogP contribution in [-0.4, -0.2) is 32.3 Å². The molecule has 0 aliphatic rings. The number of benzene rings is 4. The Labute approximate surface area is 241 Å². The van der Waals surface area contributed by atoms with E-state index in [0.717, 1.165) is 9.87 Å². The number of nitrogens with zero attached hydrogens (tertiary/aromatic N) is 1. The van der Waals surface area contributed by atoms with Crippen molar-refractivity contribution >= 4 is 33.2 Å². The standard InChI is InChI=1S/C32H33N3O5S/c1-23-14-20-27(21-15-23)41(38,39)35(24-16-18-26(19-17-24)40-25-10-6-5-7-11-25)22-30(36)33-29-13-9-8-12-28(29)31(37)34-32(2,3)4/h5-21H,22H2,1-4H3,(H,33,36)(H,34,37). The first kappa shape index (κ1) is 29.4. The van der Waals surface area contributed by atoms with Gasteiger partial charge in [-0.2, -0.15) is 0 Å². The van der Waals surface area contributed by atoms with Crippen LogP contribution in [0.4, 0.5) is 11.4 Å². The minimum Gasteiger partial charge on any atom is -0.457 e. The maximum absolute atomic E-state index is 13.8. The summed E-state index contributed by atoms with van der Waals surface area (Å²) in [5.74, 6) is 0.182. The average Bonchev–Trinajstić information content (AvgIpc) is 2.92. The van der Waals surface area contributed by atoms with Gasteiger partial charge in [-0.25, -0.2) is 8.42 Å². The van der Waals surface area contributed by atoms with Crippen LogP contribution in [0, 0.1) is 6.92 Å². The Balaban J connectivity index is 1.63. The predicted octanol–water partition coefficient (Wildman–Crippen LogP) is 6.15. The Kier molecular flexibility index (Phi) is 8.78. The second kappa shape index (κ2) is 12.3. The molecule has 0 atom stereocenters. The van der Waals surface area contributed by atoms with Gasteiger partial charge in [0.1, 0.15) is 18.0 Å². The number of nitrogens with one attached hydrogen (secondary N) is 2. The molecule has 0 fully saturated rings. The number of hydrogen-bond acceptors (Lipinski definition) is 5. The van der Waals surface area contributed by atoms with Crippen molar-refractivity contribution in [2.24, 2.45) is 0 Å². The second-order valence-corrected chi connectivity index (χ2v) is 12.4. The number of carbonyl (C=O) groups excluding carboxylic acids is 2. The SMILES string of the molecule is Cc1ccc(S(=O)(=O)N(CC(=O)Nc2ccccc2C(=O)NC(C)(C)C)c2ccc(Oc3ccccc3)cc2)cc1. The third-order valence-electron chi connectivity index (χ3n) is 5.93. The molecule has 0 heterocycles. The molecule has 41 heavy (non-hydrogen) atoms. The Morgan fingerprint density at radius 1 is 0.780 bits per heavy atom. The van der Waals surface area contributed by atoms with Gasteiger partial charge in [-0.15, -0.1) is 0 Å². The van der Waals surface area contributed by atoms with Crippen LogP contribution in [0.2, 0.25) is 0 Å². The molecule has 0 saturated carbocycles. The van der Waals surface area contributed by atoms with Gasteiger partial charge in [-0.05, 0) is 88.4 Å². The molecule has 4 rings (SSSR count). The van der Waals surface area contributed by atoms with E-state index in [1.54, 1.807) is 60.7 Å². The first-order chi connectivity index (χ1) is 19.4. The van der Waals surface area contributed by atoms with Crippen LogP contribution in [-0.2, 0) is 14.8 Å². The fourth-order valence-corrected chi connectivity index (χ4v) is 5.40. The van der Waals surface area contributed by atoms with E-state index in [9.17, 15) is 18.0 Å². The highest BCUT2D eigenvalue weighted by atomic mass is 32.2. The van der Waals surface area contributed by atoms with Crippen LogP contribution < -0.4 is 19.7 Å². The van der Waals surface area contributed by atoms with E-state index < -0.39 is 28.0 Å². The number of amides is 2. The molecule has 2 N–H and O–H groups in total. The number of carbonyl (C=O) groups is 2. The maximum Gasteiger partial charge on any atom is 0.264 e. The summed E-state index contributed by atoms with van der Waals surface area (Å²) in [6.07, 6.45) is 0. The van der Waals surface area contributed by atoms with Gasteiger partial charge in [-0.3, -0.25) is 13.9 Å². The number of anilines is 2. The summed E-state index contributed by atoms with van der Waals surface area (Å²) >= 11 is 0. The minimum absolute atomic E-state index is 0.0467. The fourth-order valence-electron chi connectivity index (χ4n) is 3.98. The van der Waals surface area contributed by atoms with E-state index in [2.05, 4.69) is 10.6 Å². The summed E-state index contributed by atoms with van der Waals surface area (Å²) in [6, 6.07) is 28.7. The maximum atomic E-state index is 13.8. The Morgan fingerprint density at radius 3 is 2.00 bits per heavy atom. The summed E-state index contributed by atoms with van der Waals surface area (Å²) in [6.45, 7) is 6.91. The number of aryl methyl sites for hydroxylation is 1. The summed E-state index contributed by atoms with van der Waals surface area (Å²) in [5, 5.41) is 5.60. The molecule has 0 aliphatic carbocycles. The van der Waals surface area contributed by atoms with Crippen molar-refractivity contribution in [2.45, 2.75) is 38.1 Å². The van der Waals surface area contributed by atoms with E-state index in [-0.39, 0.29) is 27.7 Å². The van der Waals surface area contributed by atoms with Gasteiger partial charge in [0, 0.05) is 5.54 Å². The minimum atomic E-state index is -4.13. The third kappa shape index (κ3) is 7.73. The van der Waals surface area contributed by atoms with Gasteiger partial charge in [0.2, 0.25) is 5.91 Å². The number of hydrogen-bond donors (Lipinski definition) is 2. The van der Waals surface area contributed by atoms with E-state index in [1.807, 2.05) is 58.0 Å². The van der Waals surface area contributed by atoms with Crippen LogP contribution in [0.25, 0.3) is 0 Å². The van der Waals surface area contributed by atoms with Crippen molar-refractivity contribution in [3.63, 3.8) is 0 Å². The molecule has 0 spiro atoms. The molecule has 4 aromatic rings. The van der Waals surface area contributed by atoms with Gasteiger partial charge in [-0.1, -0.05) is 48.0 Å². The average molecular weight is 572 g/mol. The van der Waals surface area contributed by atoms with Crippen LogP contribution in [0.1, 0.15) is 36.7 Å². The molecule has 0 aliphatic heterocycles. The third-order valence-corrected chi connectivity index (χ3v) is 7.72. The zero-order valence-electron chi connectivity index (χ0n) is 23.4. The number of sulfonamides is 1. The first-order valence-electron chi connectivity index (χ1n) is 13.1. The number of rotatable bonds is 9. The van der Waals surface area contributed by atoms with E-state index in [1.165, 1.54) is 12.1 Å². The molecule has 4 aromatic carbocycles. The molecule has 9 heteroatoms. The molecule has 212 valence electrons.